The standard InChI is InChI=1S/C20H42N2O/c1-6-21-15-17-22(18-16-21)14-9-7-8-11-19(23-5)12-10-13-20(2,3)4/h19H,6-18H2,1-5H3/t19-/m1/s1. The summed E-state index contributed by atoms with van der Waals surface area (Å²) in [5.41, 5.74) is 0.458. The second-order valence-corrected chi connectivity index (χ2v) is 8.44. The molecular weight excluding hydrogens is 284 g/mol. The molecule has 0 bridgehead atoms. The second kappa shape index (κ2) is 11.4. The van der Waals surface area contributed by atoms with Crippen molar-refractivity contribution in [1.82, 2.24) is 9.80 Å². The molecule has 0 aromatic heterocycles. The zero-order chi connectivity index (χ0) is 17.1. The number of nitrogens with zero attached hydrogens (tertiary/aromatic N) is 2. The lowest BCUT2D eigenvalue weighted by Gasteiger charge is -2.34. The van der Waals surface area contributed by atoms with E-state index < -0.39 is 0 Å². The summed E-state index contributed by atoms with van der Waals surface area (Å²) in [4.78, 5) is 5.20. The van der Waals surface area contributed by atoms with Crippen LogP contribution in [-0.2, 0) is 4.74 Å². The number of likely N-dealkylation sites (N-methyl/N-ethyl adjacent to an activating group) is 1. The fraction of sp³-hybridized carbons (Fsp3) is 1.00. The van der Waals surface area contributed by atoms with Crippen molar-refractivity contribution in [3.05, 3.63) is 0 Å². The first-order chi connectivity index (χ1) is 10.9. The Bertz CT molecular complexity index is 280. The molecule has 1 rings (SSSR count). The predicted molar refractivity (Wildman–Crippen MR) is 101 cm³/mol. The minimum Gasteiger partial charge on any atom is -0.381 e. The van der Waals surface area contributed by atoms with Crippen LogP contribution in [-0.4, -0.2) is 62.3 Å². The third kappa shape index (κ3) is 10.4. The molecule has 0 saturated carbocycles. The van der Waals surface area contributed by atoms with E-state index in [1.807, 2.05) is 7.11 Å². The quantitative estimate of drug-likeness (QED) is 0.523. The maximum atomic E-state index is 5.67. The largest absolute Gasteiger partial charge is 0.381 e. The van der Waals surface area contributed by atoms with Crippen LogP contribution in [0.1, 0.15) is 72.6 Å². The Balaban J connectivity index is 2.00. The molecule has 0 spiro atoms. The average molecular weight is 327 g/mol. The molecular formula is C20H42N2O. The van der Waals surface area contributed by atoms with Gasteiger partial charge >= 0.3 is 0 Å². The number of hydrogen-bond acceptors (Lipinski definition) is 3. The van der Waals surface area contributed by atoms with Crippen molar-refractivity contribution in [2.75, 3.05) is 46.4 Å². The van der Waals surface area contributed by atoms with Gasteiger partial charge in [0.15, 0.2) is 0 Å². The lowest BCUT2D eigenvalue weighted by atomic mass is 9.89. The molecule has 3 nitrogen and oxygen atoms in total. The Labute approximate surface area is 145 Å². The number of rotatable bonds is 11. The summed E-state index contributed by atoms with van der Waals surface area (Å²) in [5.74, 6) is 0. The van der Waals surface area contributed by atoms with E-state index in [2.05, 4.69) is 37.5 Å². The van der Waals surface area contributed by atoms with E-state index in [0.717, 1.165) is 0 Å². The molecule has 138 valence electrons. The van der Waals surface area contributed by atoms with Gasteiger partial charge in [0.05, 0.1) is 6.10 Å². The highest BCUT2D eigenvalue weighted by Gasteiger charge is 2.15. The van der Waals surface area contributed by atoms with E-state index in [1.165, 1.54) is 84.2 Å². The van der Waals surface area contributed by atoms with Crippen LogP contribution >= 0.6 is 0 Å². The van der Waals surface area contributed by atoms with E-state index in [1.54, 1.807) is 0 Å². The van der Waals surface area contributed by atoms with Crippen LogP contribution in [0, 0.1) is 5.41 Å². The predicted octanol–water partition coefficient (Wildman–Crippen LogP) is 4.42. The van der Waals surface area contributed by atoms with Crippen LogP contribution in [0.15, 0.2) is 0 Å². The molecule has 0 N–H and O–H groups in total. The summed E-state index contributed by atoms with van der Waals surface area (Å²) in [6.07, 6.45) is 9.57. The number of piperazine rings is 1. The number of hydrogen-bond donors (Lipinski definition) is 0. The van der Waals surface area contributed by atoms with Crippen LogP contribution in [0.25, 0.3) is 0 Å². The van der Waals surface area contributed by atoms with Crippen molar-refractivity contribution in [3.63, 3.8) is 0 Å². The highest BCUT2D eigenvalue weighted by atomic mass is 16.5. The van der Waals surface area contributed by atoms with Gasteiger partial charge in [-0.25, -0.2) is 0 Å². The van der Waals surface area contributed by atoms with E-state index >= 15 is 0 Å². The zero-order valence-electron chi connectivity index (χ0n) is 16.6. The van der Waals surface area contributed by atoms with Gasteiger partial charge in [-0.2, -0.15) is 0 Å². The maximum Gasteiger partial charge on any atom is 0.0571 e. The SMILES string of the molecule is CCN1CCN(CCCCC[C@H](CCCC(C)(C)C)OC)CC1. The van der Waals surface area contributed by atoms with Crippen LogP contribution < -0.4 is 0 Å². The lowest BCUT2D eigenvalue weighted by molar-refractivity contribution is 0.0803. The van der Waals surface area contributed by atoms with Gasteiger partial charge in [-0.1, -0.05) is 47.0 Å². The van der Waals surface area contributed by atoms with E-state index in [-0.39, 0.29) is 0 Å². The van der Waals surface area contributed by atoms with E-state index in [4.69, 9.17) is 4.74 Å². The molecule has 0 radical (unpaired) electrons. The minimum atomic E-state index is 0.458. The summed E-state index contributed by atoms with van der Waals surface area (Å²) >= 11 is 0. The summed E-state index contributed by atoms with van der Waals surface area (Å²) in [7, 11) is 1.88. The highest BCUT2D eigenvalue weighted by Crippen LogP contribution is 2.23. The van der Waals surface area contributed by atoms with Gasteiger partial charge in [-0.05, 0) is 44.2 Å². The molecule has 0 aromatic carbocycles. The van der Waals surface area contributed by atoms with Gasteiger partial charge in [-0.3, -0.25) is 0 Å². The molecule has 1 saturated heterocycles. The van der Waals surface area contributed by atoms with Gasteiger partial charge in [0.1, 0.15) is 0 Å². The first-order valence-corrected chi connectivity index (χ1v) is 9.92. The van der Waals surface area contributed by atoms with Gasteiger partial charge in [0.2, 0.25) is 0 Å². The van der Waals surface area contributed by atoms with Gasteiger partial charge in [0, 0.05) is 33.3 Å². The Morgan fingerprint density at radius 1 is 0.870 bits per heavy atom. The zero-order valence-corrected chi connectivity index (χ0v) is 16.6. The molecule has 1 aliphatic heterocycles. The lowest BCUT2D eigenvalue weighted by Crippen LogP contribution is -2.46. The smallest absolute Gasteiger partial charge is 0.0571 e. The summed E-state index contributed by atoms with van der Waals surface area (Å²) < 4.78 is 5.67. The fourth-order valence-corrected chi connectivity index (χ4v) is 3.45. The van der Waals surface area contributed by atoms with E-state index in [0.29, 0.717) is 11.5 Å². The Morgan fingerprint density at radius 3 is 2.04 bits per heavy atom. The molecule has 1 aliphatic rings. The first kappa shape index (κ1) is 20.9. The number of unbranched alkanes of at least 4 members (excludes halogenated alkanes) is 2. The van der Waals surface area contributed by atoms with E-state index in [9.17, 15) is 0 Å². The third-order valence-electron chi connectivity index (χ3n) is 5.20. The molecule has 0 amide bonds. The minimum absolute atomic E-state index is 0.458. The molecule has 0 aromatic rings. The summed E-state index contributed by atoms with van der Waals surface area (Å²) in [5, 5.41) is 0. The van der Waals surface area contributed by atoms with Crippen molar-refractivity contribution in [1.29, 1.82) is 0 Å². The van der Waals surface area contributed by atoms with Crippen molar-refractivity contribution in [2.24, 2.45) is 5.41 Å². The van der Waals surface area contributed by atoms with Crippen LogP contribution in [0.3, 0.4) is 0 Å². The first-order valence-electron chi connectivity index (χ1n) is 9.92. The number of ether oxygens (including phenoxy) is 1. The highest BCUT2D eigenvalue weighted by molar-refractivity contribution is 4.71. The van der Waals surface area contributed by atoms with Crippen LogP contribution in [0.2, 0.25) is 0 Å². The molecule has 23 heavy (non-hydrogen) atoms. The monoisotopic (exact) mass is 326 g/mol. The molecule has 0 aliphatic carbocycles. The second-order valence-electron chi connectivity index (χ2n) is 8.44. The van der Waals surface area contributed by atoms with Crippen LogP contribution in [0.4, 0.5) is 0 Å². The topological polar surface area (TPSA) is 15.7 Å². The Kier molecular flexibility index (Phi) is 10.4. The third-order valence-corrected chi connectivity index (χ3v) is 5.20. The molecule has 0 unspecified atom stereocenters. The van der Waals surface area contributed by atoms with Gasteiger partial charge in [-0.15, -0.1) is 0 Å². The molecule has 1 heterocycles. The van der Waals surface area contributed by atoms with Crippen molar-refractivity contribution >= 4 is 0 Å². The van der Waals surface area contributed by atoms with Gasteiger partial charge in [0.25, 0.3) is 0 Å². The molecule has 1 fully saturated rings. The average Bonchev–Trinajstić information content (AvgIpc) is 2.52. The number of methoxy groups -OCH3 is 1. The summed E-state index contributed by atoms with van der Waals surface area (Å²) in [6, 6.07) is 0. The van der Waals surface area contributed by atoms with Crippen molar-refractivity contribution in [3.8, 4) is 0 Å². The summed E-state index contributed by atoms with van der Waals surface area (Å²) in [6.45, 7) is 16.8. The molecule has 3 heteroatoms. The molecule has 1 atom stereocenters. The van der Waals surface area contributed by atoms with Gasteiger partial charge < -0.3 is 14.5 Å². The van der Waals surface area contributed by atoms with Crippen molar-refractivity contribution in [2.45, 2.75) is 78.7 Å². The van der Waals surface area contributed by atoms with Crippen LogP contribution in [0.5, 0.6) is 0 Å². The Morgan fingerprint density at radius 2 is 1.48 bits per heavy atom. The maximum absolute atomic E-state index is 5.67. The Hall–Kier alpha value is -0.120. The fourth-order valence-electron chi connectivity index (χ4n) is 3.45. The van der Waals surface area contributed by atoms with Crippen molar-refractivity contribution < 1.29 is 4.74 Å². The normalized spacial score (nSPS) is 19.2.